The van der Waals surface area contributed by atoms with Gasteiger partial charge >= 0.3 is 11.7 Å². The lowest BCUT2D eigenvalue weighted by atomic mass is 10.2. The molecule has 2 N–H and O–H groups in total. The van der Waals surface area contributed by atoms with E-state index in [1.165, 1.54) is 18.2 Å². The lowest BCUT2D eigenvalue weighted by Crippen LogP contribution is -2.40. The molecule has 0 atom stereocenters. The molecule has 1 aromatic heterocycles. The Morgan fingerprint density at radius 1 is 1.16 bits per heavy atom. The molecule has 25 heavy (non-hydrogen) atoms. The zero-order valence-electron chi connectivity index (χ0n) is 13.7. The predicted octanol–water partition coefficient (Wildman–Crippen LogP) is 2.37. The van der Waals surface area contributed by atoms with Crippen LogP contribution >= 0.6 is 23.2 Å². The van der Waals surface area contributed by atoms with E-state index in [0.717, 1.165) is 4.57 Å². The van der Waals surface area contributed by atoms with Crippen LogP contribution in [-0.2, 0) is 6.54 Å². The Bertz CT molecular complexity index is 896. The first-order valence-corrected chi connectivity index (χ1v) is 8.34. The van der Waals surface area contributed by atoms with Gasteiger partial charge in [0.25, 0.3) is 5.56 Å². The van der Waals surface area contributed by atoms with Crippen molar-refractivity contribution in [2.24, 2.45) is 0 Å². The Morgan fingerprint density at radius 3 is 2.20 bits per heavy atom. The Labute approximate surface area is 153 Å². The number of carboxylic acids is 1. The average Bonchev–Trinajstić information content (AvgIpc) is 2.52. The van der Waals surface area contributed by atoms with Crippen molar-refractivity contribution in [2.75, 3.05) is 13.1 Å². The largest absolute Gasteiger partial charge is 0.477 e. The molecule has 1 aromatic carbocycles. The van der Waals surface area contributed by atoms with Gasteiger partial charge in [0.05, 0.1) is 11.3 Å². The number of rotatable bonds is 6. The van der Waals surface area contributed by atoms with E-state index in [-0.39, 0.29) is 27.8 Å². The summed E-state index contributed by atoms with van der Waals surface area (Å²) in [7, 11) is 0. The zero-order valence-corrected chi connectivity index (χ0v) is 15.2. The number of H-pyrrole nitrogens is 1. The molecule has 0 aliphatic carbocycles. The van der Waals surface area contributed by atoms with E-state index in [2.05, 4.69) is 4.98 Å². The number of carbonyl (C=O) groups is 1. The first kappa shape index (κ1) is 19.2. The fraction of sp³-hybridized carbons (Fsp3) is 0.312. The third kappa shape index (κ3) is 4.12. The molecule has 2 rings (SSSR count). The summed E-state index contributed by atoms with van der Waals surface area (Å²) in [4.78, 5) is 40.8. The van der Waals surface area contributed by atoms with E-state index in [0.29, 0.717) is 13.1 Å². The minimum absolute atomic E-state index is 0.00750. The normalized spacial score (nSPS) is 11.1. The Balaban J connectivity index is 2.76. The number of nitrogens with one attached hydrogen (secondary N) is 1. The highest BCUT2D eigenvalue weighted by Gasteiger charge is 2.21. The van der Waals surface area contributed by atoms with E-state index >= 15 is 0 Å². The fourth-order valence-electron chi connectivity index (χ4n) is 2.48. The van der Waals surface area contributed by atoms with Crippen LogP contribution in [0.4, 0.5) is 0 Å². The number of hydrogen-bond donors (Lipinski definition) is 2. The van der Waals surface area contributed by atoms with E-state index in [1.807, 2.05) is 18.7 Å². The minimum Gasteiger partial charge on any atom is -0.477 e. The second-order valence-corrected chi connectivity index (χ2v) is 6.19. The number of aromatic amines is 1. The summed E-state index contributed by atoms with van der Waals surface area (Å²) in [5.41, 5.74) is -1.84. The first-order valence-electron chi connectivity index (χ1n) is 7.58. The predicted molar refractivity (Wildman–Crippen MR) is 96.3 cm³/mol. The lowest BCUT2D eigenvalue weighted by Gasteiger charge is -2.19. The molecule has 7 nitrogen and oxygen atoms in total. The van der Waals surface area contributed by atoms with Crippen molar-refractivity contribution in [3.63, 3.8) is 0 Å². The van der Waals surface area contributed by atoms with Crippen LogP contribution in [0.5, 0.6) is 0 Å². The molecule has 0 spiro atoms. The van der Waals surface area contributed by atoms with E-state index in [1.54, 1.807) is 0 Å². The van der Waals surface area contributed by atoms with Crippen molar-refractivity contribution < 1.29 is 9.90 Å². The minimum atomic E-state index is -1.37. The summed E-state index contributed by atoms with van der Waals surface area (Å²) in [5, 5.41) is 9.85. The third-order valence-electron chi connectivity index (χ3n) is 3.79. The molecule has 0 aliphatic rings. The Kier molecular flexibility index (Phi) is 6.05. The summed E-state index contributed by atoms with van der Waals surface area (Å²) in [5.74, 6) is -1.37. The van der Waals surface area contributed by atoms with Gasteiger partial charge in [0.1, 0.15) is 5.69 Å². The molecule has 0 amide bonds. The number of aromatic nitrogens is 2. The standard InChI is InChI=1S/C16H17Cl2N3O4/c1-3-20(4-2)8-12-13(15(23)24)19-16(25)21(14(12)22)11-6-9(17)5-10(18)7-11/h5-7H,3-4,8H2,1-2H3,(H,19,25)(H,23,24). The molecular formula is C16H17Cl2N3O4. The highest BCUT2D eigenvalue weighted by atomic mass is 35.5. The van der Waals surface area contributed by atoms with E-state index in [9.17, 15) is 19.5 Å². The van der Waals surface area contributed by atoms with Crippen LogP contribution < -0.4 is 11.2 Å². The van der Waals surface area contributed by atoms with Gasteiger partial charge in [-0.1, -0.05) is 37.0 Å². The average molecular weight is 386 g/mol. The molecule has 2 aromatic rings. The third-order valence-corrected chi connectivity index (χ3v) is 4.23. The summed E-state index contributed by atoms with van der Waals surface area (Å²) >= 11 is 11.9. The number of aromatic carboxylic acids is 1. The topological polar surface area (TPSA) is 95.4 Å². The molecule has 9 heteroatoms. The maximum absolute atomic E-state index is 12.9. The van der Waals surface area contributed by atoms with Crippen molar-refractivity contribution in [2.45, 2.75) is 20.4 Å². The smallest absolute Gasteiger partial charge is 0.352 e. The number of nitrogens with zero attached hydrogens (tertiary/aromatic N) is 2. The monoisotopic (exact) mass is 385 g/mol. The van der Waals surface area contributed by atoms with Gasteiger partial charge in [-0.25, -0.2) is 14.2 Å². The van der Waals surface area contributed by atoms with Gasteiger partial charge < -0.3 is 10.1 Å². The van der Waals surface area contributed by atoms with Crippen LogP contribution in [0.25, 0.3) is 5.69 Å². The van der Waals surface area contributed by atoms with Gasteiger partial charge in [-0.2, -0.15) is 0 Å². The lowest BCUT2D eigenvalue weighted by molar-refractivity contribution is 0.0686. The van der Waals surface area contributed by atoms with Crippen molar-refractivity contribution in [1.82, 2.24) is 14.5 Å². The van der Waals surface area contributed by atoms with E-state index in [4.69, 9.17) is 23.2 Å². The van der Waals surface area contributed by atoms with Crippen LogP contribution in [0.15, 0.2) is 27.8 Å². The van der Waals surface area contributed by atoms with Gasteiger partial charge in [0.15, 0.2) is 0 Å². The Hall–Kier alpha value is -2.09. The van der Waals surface area contributed by atoms with Crippen LogP contribution in [0, 0.1) is 0 Å². The van der Waals surface area contributed by atoms with E-state index < -0.39 is 22.9 Å². The molecule has 0 aliphatic heterocycles. The van der Waals surface area contributed by atoms with Crippen LogP contribution in [-0.4, -0.2) is 38.6 Å². The highest BCUT2D eigenvalue weighted by molar-refractivity contribution is 6.34. The fourth-order valence-corrected chi connectivity index (χ4v) is 2.99. The summed E-state index contributed by atoms with van der Waals surface area (Å²) in [6.45, 7) is 5.13. The molecule has 1 heterocycles. The molecule has 0 saturated carbocycles. The van der Waals surface area contributed by atoms with Gasteiger partial charge in [0, 0.05) is 16.6 Å². The van der Waals surface area contributed by atoms with Crippen molar-refractivity contribution in [1.29, 1.82) is 0 Å². The molecule has 0 saturated heterocycles. The quantitative estimate of drug-likeness (QED) is 0.795. The van der Waals surface area contributed by atoms with Crippen molar-refractivity contribution >= 4 is 29.2 Å². The molecular weight excluding hydrogens is 369 g/mol. The summed E-state index contributed by atoms with van der Waals surface area (Å²) in [6.07, 6.45) is 0. The number of hydrogen-bond acceptors (Lipinski definition) is 4. The van der Waals surface area contributed by atoms with Crippen LogP contribution in [0.1, 0.15) is 29.9 Å². The molecule has 0 bridgehead atoms. The molecule has 0 fully saturated rings. The summed E-state index contributed by atoms with van der Waals surface area (Å²) < 4.78 is 0.836. The van der Waals surface area contributed by atoms with Gasteiger partial charge in [0.2, 0.25) is 0 Å². The van der Waals surface area contributed by atoms with Gasteiger partial charge in [-0.3, -0.25) is 9.69 Å². The van der Waals surface area contributed by atoms with Crippen LogP contribution in [0.3, 0.4) is 0 Å². The first-order chi connectivity index (χ1) is 11.8. The summed E-state index contributed by atoms with van der Waals surface area (Å²) in [6, 6.07) is 4.28. The van der Waals surface area contributed by atoms with Crippen LogP contribution in [0.2, 0.25) is 10.0 Å². The van der Waals surface area contributed by atoms with Crippen molar-refractivity contribution in [3.8, 4) is 5.69 Å². The molecule has 134 valence electrons. The second kappa shape index (κ2) is 7.86. The van der Waals surface area contributed by atoms with Gasteiger partial charge in [-0.15, -0.1) is 0 Å². The number of benzene rings is 1. The van der Waals surface area contributed by atoms with Gasteiger partial charge in [-0.05, 0) is 31.3 Å². The highest BCUT2D eigenvalue weighted by Crippen LogP contribution is 2.20. The zero-order chi connectivity index (χ0) is 18.7. The maximum Gasteiger partial charge on any atom is 0.352 e. The maximum atomic E-state index is 12.9. The second-order valence-electron chi connectivity index (χ2n) is 5.32. The number of halogens is 2. The van der Waals surface area contributed by atoms with Crippen molar-refractivity contribution in [3.05, 3.63) is 60.3 Å². The Morgan fingerprint density at radius 2 is 1.72 bits per heavy atom. The number of carboxylic acid groups (broad SMARTS) is 1. The SMILES string of the molecule is CCN(CC)Cc1c(C(=O)O)[nH]c(=O)n(-c2cc(Cl)cc(Cl)c2)c1=O. The molecule has 0 radical (unpaired) electrons. The molecule has 0 unspecified atom stereocenters.